The zero-order valence-electron chi connectivity index (χ0n) is 14.1. The zero-order valence-corrected chi connectivity index (χ0v) is 14.9. The van der Waals surface area contributed by atoms with Gasteiger partial charge in [-0.15, -0.1) is 0 Å². The Morgan fingerprint density at radius 3 is 2.65 bits per heavy atom. The summed E-state index contributed by atoms with van der Waals surface area (Å²) in [6, 6.07) is 10.5. The first-order chi connectivity index (χ1) is 12.3. The monoisotopic (exact) mass is 379 g/mol. The summed E-state index contributed by atoms with van der Waals surface area (Å²) in [6.07, 6.45) is 0.267. The standard InChI is InChI=1S/C18H18FNO5S/c1-20(10-14-8-12-4-2-3-5-13(12)11-25-14)26(23,24)15-6-7-17(19)16(9-15)18(21)22/h2-7,9,14H,8,10-11H2,1H3,(H,21,22). The van der Waals surface area contributed by atoms with Crippen LogP contribution in [-0.2, 0) is 27.8 Å². The van der Waals surface area contributed by atoms with E-state index in [-0.39, 0.29) is 17.5 Å². The number of carboxylic acid groups (broad SMARTS) is 1. The van der Waals surface area contributed by atoms with E-state index < -0.39 is 27.4 Å². The predicted molar refractivity (Wildman–Crippen MR) is 91.9 cm³/mol. The molecule has 1 N–H and O–H groups in total. The normalized spacial score (nSPS) is 17.1. The highest BCUT2D eigenvalue weighted by Gasteiger charge is 2.28. The molecular formula is C18H18FNO5S. The van der Waals surface area contributed by atoms with Crippen molar-refractivity contribution in [3.05, 3.63) is 65.0 Å². The molecule has 2 aromatic carbocycles. The fourth-order valence-electron chi connectivity index (χ4n) is 2.92. The molecule has 0 aromatic heterocycles. The first kappa shape index (κ1) is 18.5. The van der Waals surface area contributed by atoms with Crippen LogP contribution in [0, 0.1) is 5.82 Å². The highest BCUT2D eigenvalue weighted by atomic mass is 32.2. The maximum Gasteiger partial charge on any atom is 0.338 e. The van der Waals surface area contributed by atoms with E-state index in [9.17, 15) is 17.6 Å². The number of likely N-dealkylation sites (N-methyl/N-ethyl adjacent to an activating group) is 1. The molecule has 3 rings (SSSR count). The molecule has 26 heavy (non-hydrogen) atoms. The average Bonchev–Trinajstić information content (AvgIpc) is 2.61. The van der Waals surface area contributed by atoms with Crippen molar-refractivity contribution >= 4 is 16.0 Å². The number of carboxylic acids is 1. The van der Waals surface area contributed by atoms with Gasteiger partial charge in [-0.05, 0) is 29.3 Å². The Kier molecular flexibility index (Phi) is 5.08. The minimum Gasteiger partial charge on any atom is -0.478 e. The lowest BCUT2D eigenvalue weighted by atomic mass is 9.99. The number of aromatic carboxylic acids is 1. The quantitative estimate of drug-likeness (QED) is 0.862. The van der Waals surface area contributed by atoms with Crippen molar-refractivity contribution in [1.29, 1.82) is 0 Å². The maximum absolute atomic E-state index is 13.5. The van der Waals surface area contributed by atoms with Gasteiger partial charge in [0.25, 0.3) is 0 Å². The van der Waals surface area contributed by atoms with Crippen molar-refractivity contribution in [3.8, 4) is 0 Å². The van der Waals surface area contributed by atoms with Gasteiger partial charge in [0.05, 0.1) is 23.2 Å². The molecule has 1 unspecified atom stereocenters. The van der Waals surface area contributed by atoms with E-state index >= 15 is 0 Å². The number of hydrogen-bond donors (Lipinski definition) is 1. The largest absolute Gasteiger partial charge is 0.478 e. The molecule has 1 heterocycles. The summed E-state index contributed by atoms with van der Waals surface area (Å²) in [5, 5.41) is 8.98. The molecule has 0 saturated carbocycles. The molecule has 0 spiro atoms. The molecule has 138 valence electrons. The van der Waals surface area contributed by atoms with Crippen molar-refractivity contribution in [2.24, 2.45) is 0 Å². The molecule has 6 nitrogen and oxygen atoms in total. The van der Waals surface area contributed by atoms with E-state index in [0.717, 1.165) is 33.6 Å². The van der Waals surface area contributed by atoms with E-state index in [4.69, 9.17) is 9.84 Å². The van der Waals surface area contributed by atoms with Gasteiger partial charge in [0.15, 0.2) is 0 Å². The fraction of sp³-hybridized carbons (Fsp3) is 0.278. The Labute approximate surface area is 150 Å². The second-order valence-electron chi connectivity index (χ2n) is 6.14. The van der Waals surface area contributed by atoms with Gasteiger partial charge in [-0.2, -0.15) is 4.31 Å². The van der Waals surface area contributed by atoms with Crippen molar-refractivity contribution in [2.75, 3.05) is 13.6 Å². The molecule has 1 atom stereocenters. The molecule has 2 aromatic rings. The number of carbonyl (C=O) groups is 1. The number of halogens is 1. The topological polar surface area (TPSA) is 83.9 Å². The van der Waals surface area contributed by atoms with Gasteiger partial charge >= 0.3 is 5.97 Å². The molecule has 1 aliphatic heterocycles. The van der Waals surface area contributed by atoms with E-state index in [1.807, 2.05) is 24.3 Å². The molecule has 0 amide bonds. The third kappa shape index (κ3) is 3.62. The van der Waals surface area contributed by atoms with Crippen molar-refractivity contribution in [3.63, 3.8) is 0 Å². The molecule has 0 aliphatic carbocycles. The average molecular weight is 379 g/mol. The summed E-state index contributed by atoms with van der Waals surface area (Å²) < 4.78 is 45.7. The minimum atomic E-state index is -3.97. The fourth-order valence-corrected chi connectivity index (χ4v) is 4.15. The molecule has 1 aliphatic rings. The van der Waals surface area contributed by atoms with Crippen LogP contribution in [0.1, 0.15) is 21.5 Å². The maximum atomic E-state index is 13.5. The first-order valence-electron chi connectivity index (χ1n) is 7.96. The second kappa shape index (κ2) is 7.14. The summed E-state index contributed by atoms with van der Waals surface area (Å²) in [6.45, 7) is 0.519. The Morgan fingerprint density at radius 1 is 1.27 bits per heavy atom. The molecular weight excluding hydrogens is 361 g/mol. The SMILES string of the molecule is CN(CC1Cc2ccccc2CO1)S(=O)(=O)c1ccc(F)c(C(=O)O)c1. The lowest BCUT2D eigenvalue weighted by molar-refractivity contribution is 0.0202. The predicted octanol–water partition coefficient (Wildman–Crippen LogP) is 2.29. The molecule has 0 saturated heterocycles. The van der Waals surface area contributed by atoms with Gasteiger partial charge in [0.2, 0.25) is 10.0 Å². The molecule has 0 fully saturated rings. The lowest BCUT2D eigenvalue weighted by Gasteiger charge is -2.28. The lowest BCUT2D eigenvalue weighted by Crippen LogP contribution is -2.38. The van der Waals surface area contributed by atoms with Crippen molar-refractivity contribution in [1.82, 2.24) is 4.31 Å². The summed E-state index contributed by atoms with van der Waals surface area (Å²) in [5.41, 5.74) is 1.52. The number of rotatable bonds is 5. The van der Waals surface area contributed by atoms with Gasteiger partial charge in [0.1, 0.15) is 5.82 Å². The van der Waals surface area contributed by atoms with E-state index in [2.05, 4.69) is 0 Å². The number of ether oxygens (including phenoxy) is 1. The minimum absolute atomic E-state index is 0.108. The summed E-state index contributed by atoms with van der Waals surface area (Å²) in [5.74, 6) is -2.50. The Morgan fingerprint density at radius 2 is 1.96 bits per heavy atom. The smallest absolute Gasteiger partial charge is 0.338 e. The number of nitrogens with zero attached hydrogens (tertiary/aromatic N) is 1. The van der Waals surface area contributed by atoms with Crippen LogP contribution in [0.4, 0.5) is 4.39 Å². The Balaban J connectivity index is 1.78. The summed E-state index contributed by atoms with van der Waals surface area (Å²) in [4.78, 5) is 10.8. The van der Waals surface area contributed by atoms with Crippen LogP contribution in [0.25, 0.3) is 0 Å². The van der Waals surface area contributed by atoms with Crippen LogP contribution in [-0.4, -0.2) is 43.5 Å². The highest BCUT2D eigenvalue weighted by Crippen LogP contribution is 2.23. The van der Waals surface area contributed by atoms with Crippen LogP contribution in [0.5, 0.6) is 0 Å². The third-order valence-corrected chi connectivity index (χ3v) is 6.20. The highest BCUT2D eigenvalue weighted by molar-refractivity contribution is 7.89. The first-order valence-corrected chi connectivity index (χ1v) is 9.40. The molecule has 8 heteroatoms. The van der Waals surface area contributed by atoms with E-state index in [1.165, 1.54) is 7.05 Å². The second-order valence-corrected chi connectivity index (χ2v) is 8.18. The Bertz CT molecular complexity index is 944. The van der Waals surface area contributed by atoms with Gasteiger partial charge < -0.3 is 9.84 Å². The summed E-state index contributed by atoms with van der Waals surface area (Å²) in [7, 11) is -2.57. The van der Waals surface area contributed by atoms with Crippen LogP contribution < -0.4 is 0 Å². The van der Waals surface area contributed by atoms with Crippen LogP contribution in [0.15, 0.2) is 47.4 Å². The van der Waals surface area contributed by atoms with Crippen LogP contribution in [0.3, 0.4) is 0 Å². The van der Waals surface area contributed by atoms with Crippen molar-refractivity contribution < 1.29 is 27.4 Å². The Hall–Kier alpha value is -2.29. The summed E-state index contributed by atoms with van der Waals surface area (Å²) >= 11 is 0. The van der Waals surface area contributed by atoms with Gasteiger partial charge in [-0.1, -0.05) is 24.3 Å². The van der Waals surface area contributed by atoms with Crippen molar-refractivity contribution in [2.45, 2.75) is 24.0 Å². The van der Waals surface area contributed by atoms with E-state index in [1.54, 1.807) is 0 Å². The van der Waals surface area contributed by atoms with Gasteiger partial charge in [-0.3, -0.25) is 0 Å². The number of hydrogen-bond acceptors (Lipinski definition) is 4. The number of benzene rings is 2. The molecule has 0 bridgehead atoms. The van der Waals surface area contributed by atoms with Gasteiger partial charge in [-0.25, -0.2) is 17.6 Å². The van der Waals surface area contributed by atoms with Crippen LogP contribution in [0.2, 0.25) is 0 Å². The third-order valence-electron chi connectivity index (χ3n) is 4.38. The molecule has 0 radical (unpaired) electrons. The van der Waals surface area contributed by atoms with Gasteiger partial charge in [0, 0.05) is 20.0 Å². The van der Waals surface area contributed by atoms with Crippen LogP contribution >= 0.6 is 0 Å². The number of sulfonamides is 1. The zero-order chi connectivity index (χ0) is 18.9. The van der Waals surface area contributed by atoms with E-state index in [0.29, 0.717) is 13.0 Å². The number of fused-ring (bicyclic) bond motifs is 1.